The highest BCUT2D eigenvalue weighted by Crippen LogP contribution is 2.32. The Hall–Kier alpha value is -1.79. The second-order valence-electron chi connectivity index (χ2n) is 6.22. The molecule has 114 valence electrons. The predicted molar refractivity (Wildman–Crippen MR) is 88.5 cm³/mol. The number of halogens is 1. The Morgan fingerprint density at radius 1 is 1.18 bits per heavy atom. The van der Waals surface area contributed by atoms with Crippen molar-refractivity contribution in [1.29, 1.82) is 0 Å². The Labute approximate surface area is 137 Å². The van der Waals surface area contributed by atoms with E-state index in [0.717, 1.165) is 26.6 Å². The molecular formula is C16H17BrN4O. The Kier molecular flexibility index (Phi) is 3.74. The molecule has 0 aromatic carbocycles. The molecule has 3 rings (SSSR count). The number of aliphatic hydroxyl groups excluding tert-OH is 1. The van der Waals surface area contributed by atoms with Gasteiger partial charge in [-0.2, -0.15) is 0 Å². The number of nitrogens with zero attached hydrogens (tertiary/aromatic N) is 4. The summed E-state index contributed by atoms with van der Waals surface area (Å²) in [4.78, 5) is 12.6. The quantitative estimate of drug-likeness (QED) is 0.760. The van der Waals surface area contributed by atoms with Crippen molar-refractivity contribution in [3.63, 3.8) is 0 Å². The maximum Gasteiger partial charge on any atom is 0.144 e. The number of hydrogen-bond donors (Lipinski definition) is 1. The van der Waals surface area contributed by atoms with Crippen molar-refractivity contribution in [1.82, 2.24) is 19.5 Å². The number of hydrogen-bond acceptors (Lipinski definition) is 4. The zero-order valence-corrected chi connectivity index (χ0v) is 14.2. The molecule has 5 nitrogen and oxygen atoms in total. The third kappa shape index (κ3) is 2.64. The second-order valence-corrected chi connectivity index (χ2v) is 7.14. The first-order valence-corrected chi connectivity index (χ1v) is 7.77. The minimum absolute atomic E-state index is 0.139. The molecule has 3 aromatic rings. The van der Waals surface area contributed by atoms with Gasteiger partial charge >= 0.3 is 0 Å². The van der Waals surface area contributed by atoms with Crippen LogP contribution >= 0.6 is 15.9 Å². The van der Waals surface area contributed by atoms with Gasteiger partial charge < -0.3 is 9.67 Å². The van der Waals surface area contributed by atoms with Crippen LogP contribution < -0.4 is 0 Å². The molecule has 1 N–H and O–H groups in total. The van der Waals surface area contributed by atoms with Gasteiger partial charge in [0.05, 0.1) is 0 Å². The smallest absolute Gasteiger partial charge is 0.144 e. The Bertz CT molecular complexity index is 822. The standard InChI is InChI=1S/C16H17BrN4O/c1-16(2,3)21-8-13(12-7-19-9-20-15(12)21)14(22)10-4-11(17)6-18-5-10/h4-9,14,22H,1-3H3. The summed E-state index contributed by atoms with van der Waals surface area (Å²) in [5.41, 5.74) is 2.19. The van der Waals surface area contributed by atoms with Crippen LogP contribution in [0, 0.1) is 0 Å². The van der Waals surface area contributed by atoms with Gasteiger partial charge in [0.25, 0.3) is 0 Å². The van der Waals surface area contributed by atoms with Crippen molar-refractivity contribution in [3.8, 4) is 0 Å². The fourth-order valence-electron chi connectivity index (χ4n) is 2.48. The normalized spacial score (nSPS) is 13.5. The van der Waals surface area contributed by atoms with E-state index >= 15 is 0 Å². The van der Waals surface area contributed by atoms with E-state index in [1.807, 2.05) is 12.3 Å². The van der Waals surface area contributed by atoms with E-state index in [0.29, 0.717) is 0 Å². The van der Waals surface area contributed by atoms with Crippen LogP contribution in [0.15, 0.2) is 41.7 Å². The molecule has 22 heavy (non-hydrogen) atoms. The summed E-state index contributed by atoms with van der Waals surface area (Å²) < 4.78 is 2.90. The fourth-order valence-corrected chi connectivity index (χ4v) is 2.86. The van der Waals surface area contributed by atoms with Gasteiger partial charge in [0.15, 0.2) is 0 Å². The lowest BCUT2D eigenvalue weighted by atomic mass is 10.0. The molecule has 0 aliphatic rings. The minimum atomic E-state index is -0.776. The van der Waals surface area contributed by atoms with Crippen LogP contribution in [0.3, 0.4) is 0 Å². The van der Waals surface area contributed by atoms with Gasteiger partial charge in [-0.15, -0.1) is 0 Å². The third-order valence-electron chi connectivity index (χ3n) is 3.56. The maximum absolute atomic E-state index is 10.8. The van der Waals surface area contributed by atoms with E-state index in [1.54, 1.807) is 18.6 Å². The topological polar surface area (TPSA) is 63.8 Å². The first-order valence-electron chi connectivity index (χ1n) is 6.98. The molecule has 0 fully saturated rings. The highest BCUT2D eigenvalue weighted by Gasteiger charge is 2.23. The molecule has 3 heterocycles. The first-order chi connectivity index (χ1) is 10.4. The SMILES string of the molecule is CC(C)(C)n1cc(C(O)c2cncc(Br)c2)c2cncnc21. The zero-order chi connectivity index (χ0) is 15.9. The molecule has 0 spiro atoms. The molecule has 0 radical (unpaired) electrons. The van der Waals surface area contributed by atoms with Crippen LogP contribution in [0.5, 0.6) is 0 Å². The average molecular weight is 361 g/mol. The van der Waals surface area contributed by atoms with Gasteiger partial charge in [-0.3, -0.25) is 4.98 Å². The largest absolute Gasteiger partial charge is 0.384 e. The Morgan fingerprint density at radius 3 is 2.64 bits per heavy atom. The lowest BCUT2D eigenvalue weighted by Gasteiger charge is -2.21. The average Bonchev–Trinajstić information content (AvgIpc) is 2.86. The molecule has 0 aliphatic carbocycles. The van der Waals surface area contributed by atoms with E-state index in [9.17, 15) is 5.11 Å². The summed E-state index contributed by atoms with van der Waals surface area (Å²) in [5.74, 6) is 0. The maximum atomic E-state index is 10.8. The Morgan fingerprint density at radius 2 is 1.95 bits per heavy atom. The van der Waals surface area contributed by atoms with Crippen molar-refractivity contribution in [3.05, 3.63) is 52.8 Å². The summed E-state index contributed by atoms with van der Waals surface area (Å²) in [6, 6.07) is 1.86. The predicted octanol–water partition coefficient (Wildman–Crippen LogP) is 3.43. The second kappa shape index (κ2) is 5.44. The molecular weight excluding hydrogens is 344 g/mol. The Balaban J connectivity index is 2.19. The van der Waals surface area contributed by atoms with Crippen LogP contribution in [0.25, 0.3) is 11.0 Å². The molecule has 0 saturated heterocycles. The van der Waals surface area contributed by atoms with Crippen molar-refractivity contribution in [2.45, 2.75) is 32.4 Å². The molecule has 0 bridgehead atoms. The minimum Gasteiger partial charge on any atom is -0.384 e. The highest BCUT2D eigenvalue weighted by atomic mass is 79.9. The summed E-state index contributed by atoms with van der Waals surface area (Å²) >= 11 is 3.39. The van der Waals surface area contributed by atoms with E-state index in [1.165, 1.54) is 6.33 Å². The summed E-state index contributed by atoms with van der Waals surface area (Å²) in [6.45, 7) is 6.31. The van der Waals surface area contributed by atoms with Gasteiger partial charge in [0, 0.05) is 51.3 Å². The lowest BCUT2D eigenvalue weighted by Crippen LogP contribution is -2.21. The van der Waals surface area contributed by atoms with Crippen LogP contribution in [0.2, 0.25) is 0 Å². The molecule has 1 atom stereocenters. The van der Waals surface area contributed by atoms with Crippen molar-refractivity contribution in [2.24, 2.45) is 0 Å². The molecule has 0 saturated carbocycles. The number of aromatic nitrogens is 4. The van der Waals surface area contributed by atoms with Gasteiger partial charge in [0.2, 0.25) is 0 Å². The van der Waals surface area contributed by atoms with Crippen LogP contribution in [0.4, 0.5) is 0 Å². The van der Waals surface area contributed by atoms with Gasteiger partial charge in [-0.1, -0.05) is 0 Å². The molecule has 0 aliphatic heterocycles. The molecule has 6 heteroatoms. The summed E-state index contributed by atoms with van der Waals surface area (Å²) in [7, 11) is 0. The van der Waals surface area contributed by atoms with E-state index in [-0.39, 0.29) is 5.54 Å². The lowest BCUT2D eigenvalue weighted by molar-refractivity contribution is 0.220. The van der Waals surface area contributed by atoms with Gasteiger partial charge in [-0.05, 0) is 42.8 Å². The molecule has 3 aromatic heterocycles. The van der Waals surface area contributed by atoms with E-state index in [4.69, 9.17) is 0 Å². The third-order valence-corrected chi connectivity index (χ3v) is 3.99. The van der Waals surface area contributed by atoms with Crippen LogP contribution in [-0.2, 0) is 5.54 Å². The molecule has 0 amide bonds. The summed E-state index contributed by atoms with van der Waals surface area (Å²) in [6.07, 6.45) is 7.81. The van der Waals surface area contributed by atoms with E-state index in [2.05, 4.69) is 56.2 Å². The first kappa shape index (κ1) is 15.1. The number of aliphatic hydroxyl groups is 1. The highest BCUT2D eigenvalue weighted by molar-refractivity contribution is 9.10. The monoisotopic (exact) mass is 360 g/mol. The van der Waals surface area contributed by atoms with E-state index < -0.39 is 6.10 Å². The fraction of sp³-hybridized carbons (Fsp3) is 0.312. The number of fused-ring (bicyclic) bond motifs is 1. The van der Waals surface area contributed by atoms with Crippen molar-refractivity contribution in [2.75, 3.05) is 0 Å². The molecule has 1 unspecified atom stereocenters. The zero-order valence-electron chi connectivity index (χ0n) is 12.7. The summed E-state index contributed by atoms with van der Waals surface area (Å²) in [5, 5.41) is 11.6. The van der Waals surface area contributed by atoms with Crippen molar-refractivity contribution >= 4 is 27.0 Å². The number of rotatable bonds is 2. The van der Waals surface area contributed by atoms with Crippen LogP contribution in [-0.4, -0.2) is 24.6 Å². The van der Waals surface area contributed by atoms with Gasteiger partial charge in [-0.25, -0.2) is 9.97 Å². The van der Waals surface area contributed by atoms with Crippen molar-refractivity contribution < 1.29 is 5.11 Å². The number of pyridine rings is 1. The van der Waals surface area contributed by atoms with Gasteiger partial charge in [0.1, 0.15) is 18.1 Å². The van der Waals surface area contributed by atoms with Crippen LogP contribution in [0.1, 0.15) is 38.0 Å².